The van der Waals surface area contributed by atoms with Crippen LogP contribution in [0.25, 0.3) is 11.0 Å². The van der Waals surface area contributed by atoms with E-state index in [-0.39, 0.29) is 0 Å². The molecule has 4 aliphatic heterocycles. The molecule has 0 amide bonds. The molecule has 2 aromatic heterocycles. The molecule has 6 bridgehead atoms. The molecule has 1 aromatic carbocycles. The number of H-pyrrole nitrogens is 1. The van der Waals surface area contributed by atoms with Crippen molar-refractivity contribution < 1.29 is 14.2 Å². The second kappa shape index (κ2) is 12.8. The van der Waals surface area contributed by atoms with Crippen molar-refractivity contribution in [2.75, 3.05) is 62.8 Å². The number of fused-ring (bicyclic) bond motifs is 10. The second-order valence-electron chi connectivity index (χ2n) is 10.6. The lowest BCUT2D eigenvalue weighted by atomic mass is 10.1. The van der Waals surface area contributed by atoms with Gasteiger partial charge in [0.2, 0.25) is 5.95 Å². The number of hydrogen-bond donors (Lipinski definition) is 2. The molecule has 0 aliphatic carbocycles. The molecule has 7 rings (SSSR count). The Labute approximate surface area is 230 Å². The highest BCUT2D eigenvalue weighted by Gasteiger charge is 2.23. The van der Waals surface area contributed by atoms with E-state index in [1.54, 1.807) is 0 Å². The third kappa shape index (κ3) is 6.72. The SMILES string of the molecule is C1=C/COCc2cc(ccc2OCCN2CCCC2)Nc2nc(c3cc[nH]c3n2)N2CCC(CC2)OCCC/1. The monoisotopic (exact) mass is 532 g/mol. The van der Waals surface area contributed by atoms with Gasteiger partial charge in [-0.1, -0.05) is 12.2 Å². The summed E-state index contributed by atoms with van der Waals surface area (Å²) >= 11 is 0. The highest BCUT2D eigenvalue weighted by Crippen LogP contribution is 2.30. The van der Waals surface area contributed by atoms with Crippen LogP contribution in [0.4, 0.5) is 17.5 Å². The number of aromatic nitrogens is 3. The molecule has 2 N–H and O–H groups in total. The number of anilines is 3. The molecule has 208 valence electrons. The molecule has 0 saturated carbocycles. The summed E-state index contributed by atoms with van der Waals surface area (Å²) < 4.78 is 18.5. The van der Waals surface area contributed by atoms with E-state index in [9.17, 15) is 0 Å². The van der Waals surface area contributed by atoms with E-state index in [0.717, 1.165) is 85.8 Å². The summed E-state index contributed by atoms with van der Waals surface area (Å²) in [6, 6.07) is 8.22. The van der Waals surface area contributed by atoms with Crippen LogP contribution in [0.15, 0.2) is 42.6 Å². The van der Waals surface area contributed by atoms with Crippen molar-refractivity contribution in [2.45, 2.75) is 51.2 Å². The third-order valence-electron chi connectivity index (χ3n) is 7.82. The number of rotatable bonds is 4. The number of hydrogen-bond acceptors (Lipinski definition) is 8. The molecular formula is C30H40N6O3. The average Bonchev–Trinajstić information content (AvgIpc) is 3.65. The summed E-state index contributed by atoms with van der Waals surface area (Å²) in [5.74, 6) is 2.41. The Morgan fingerprint density at radius 1 is 1.00 bits per heavy atom. The van der Waals surface area contributed by atoms with E-state index in [4.69, 9.17) is 24.2 Å². The molecule has 2 fully saturated rings. The molecule has 6 heterocycles. The smallest absolute Gasteiger partial charge is 0.231 e. The minimum Gasteiger partial charge on any atom is -0.492 e. The number of allylic oxidation sites excluding steroid dienone is 1. The van der Waals surface area contributed by atoms with Gasteiger partial charge in [0, 0.05) is 43.7 Å². The lowest BCUT2D eigenvalue weighted by Gasteiger charge is -2.33. The molecule has 9 heteroatoms. The standard InChI is InChI=1S/C30H40N6O3/c1-2-6-19-38-25-10-15-36(16-11-25)29-26-9-12-31-28(26)33-30(34-29)32-24-7-8-27(23(21-24)22-37-18-5-1)39-20-17-35-13-3-4-14-35/h1,5,7-9,12,21,25H,2-4,6,10-11,13-20,22H2,(H2,31,32,33,34)/b5-1+. The molecule has 0 radical (unpaired) electrons. The number of aromatic amines is 1. The molecule has 2 saturated heterocycles. The van der Waals surface area contributed by atoms with Crippen molar-refractivity contribution in [2.24, 2.45) is 0 Å². The van der Waals surface area contributed by atoms with Gasteiger partial charge in [-0.15, -0.1) is 0 Å². The summed E-state index contributed by atoms with van der Waals surface area (Å²) in [6.45, 7) is 7.66. The van der Waals surface area contributed by atoms with E-state index in [2.05, 4.69) is 44.4 Å². The Kier molecular flexibility index (Phi) is 8.57. The van der Waals surface area contributed by atoms with Gasteiger partial charge in [0.15, 0.2) is 0 Å². The molecular weight excluding hydrogens is 492 g/mol. The van der Waals surface area contributed by atoms with Crippen molar-refractivity contribution in [3.8, 4) is 5.75 Å². The molecule has 4 aliphatic rings. The van der Waals surface area contributed by atoms with Crippen LogP contribution in [-0.4, -0.2) is 78.5 Å². The molecule has 39 heavy (non-hydrogen) atoms. The largest absolute Gasteiger partial charge is 0.492 e. The van der Waals surface area contributed by atoms with Gasteiger partial charge in [0.05, 0.1) is 24.7 Å². The Balaban J connectivity index is 1.24. The van der Waals surface area contributed by atoms with Crippen LogP contribution in [0.3, 0.4) is 0 Å². The van der Waals surface area contributed by atoms with Crippen LogP contribution in [0, 0.1) is 0 Å². The first-order valence-electron chi connectivity index (χ1n) is 14.5. The van der Waals surface area contributed by atoms with E-state index < -0.39 is 0 Å². The minimum absolute atomic E-state index is 0.315. The molecule has 0 unspecified atom stereocenters. The maximum absolute atomic E-state index is 6.24. The highest BCUT2D eigenvalue weighted by atomic mass is 16.5. The quantitative estimate of drug-likeness (QED) is 0.453. The fourth-order valence-corrected chi connectivity index (χ4v) is 5.66. The number of nitrogens with one attached hydrogen (secondary N) is 2. The summed E-state index contributed by atoms with van der Waals surface area (Å²) in [6.07, 6.45) is 13.2. The zero-order chi connectivity index (χ0) is 26.3. The third-order valence-corrected chi connectivity index (χ3v) is 7.82. The molecule has 9 nitrogen and oxygen atoms in total. The first-order chi connectivity index (χ1) is 19.3. The first-order valence-corrected chi connectivity index (χ1v) is 14.5. The lowest BCUT2D eigenvalue weighted by molar-refractivity contribution is 0.0360. The average molecular weight is 533 g/mol. The van der Waals surface area contributed by atoms with Crippen molar-refractivity contribution in [1.82, 2.24) is 19.9 Å². The highest BCUT2D eigenvalue weighted by molar-refractivity contribution is 5.89. The maximum Gasteiger partial charge on any atom is 0.231 e. The van der Waals surface area contributed by atoms with Crippen molar-refractivity contribution in [1.29, 1.82) is 0 Å². The van der Waals surface area contributed by atoms with E-state index in [0.29, 0.717) is 31.9 Å². The summed E-state index contributed by atoms with van der Waals surface area (Å²) in [5.41, 5.74) is 2.76. The maximum atomic E-state index is 6.24. The minimum atomic E-state index is 0.315. The Bertz CT molecular complexity index is 1250. The van der Waals surface area contributed by atoms with Crippen LogP contribution in [0.1, 0.15) is 44.1 Å². The van der Waals surface area contributed by atoms with E-state index in [1.165, 1.54) is 25.9 Å². The predicted octanol–water partition coefficient (Wildman–Crippen LogP) is 5.03. The Morgan fingerprint density at radius 3 is 2.79 bits per heavy atom. The van der Waals surface area contributed by atoms with Gasteiger partial charge >= 0.3 is 0 Å². The van der Waals surface area contributed by atoms with Crippen molar-refractivity contribution in [3.05, 3.63) is 48.2 Å². The molecule has 0 spiro atoms. The fraction of sp³-hybridized carbons (Fsp3) is 0.533. The predicted molar refractivity (Wildman–Crippen MR) is 154 cm³/mol. The van der Waals surface area contributed by atoms with Crippen molar-refractivity contribution >= 4 is 28.5 Å². The molecule has 0 atom stereocenters. The first kappa shape index (κ1) is 26.1. The lowest BCUT2D eigenvalue weighted by Crippen LogP contribution is -2.37. The number of likely N-dealkylation sites (tertiary alicyclic amines) is 1. The van der Waals surface area contributed by atoms with Crippen LogP contribution >= 0.6 is 0 Å². The van der Waals surface area contributed by atoms with E-state index >= 15 is 0 Å². The van der Waals surface area contributed by atoms with Crippen LogP contribution in [-0.2, 0) is 16.1 Å². The normalized spacial score (nSPS) is 20.7. The van der Waals surface area contributed by atoms with Gasteiger partial charge < -0.3 is 29.4 Å². The fourth-order valence-electron chi connectivity index (χ4n) is 5.66. The number of piperidine rings is 1. The van der Waals surface area contributed by atoms with Gasteiger partial charge in [0.25, 0.3) is 0 Å². The van der Waals surface area contributed by atoms with Gasteiger partial charge in [0.1, 0.15) is 23.8 Å². The zero-order valence-corrected chi connectivity index (χ0v) is 22.7. The number of ether oxygens (including phenoxy) is 3. The van der Waals surface area contributed by atoms with Gasteiger partial charge in [-0.05, 0) is 75.9 Å². The molecule has 3 aromatic rings. The zero-order valence-electron chi connectivity index (χ0n) is 22.7. The summed E-state index contributed by atoms with van der Waals surface area (Å²) in [5, 5.41) is 4.49. The van der Waals surface area contributed by atoms with Crippen molar-refractivity contribution in [3.63, 3.8) is 0 Å². The van der Waals surface area contributed by atoms with Gasteiger partial charge in [-0.3, -0.25) is 4.90 Å². The van der Waals surface area contributed by atoms with Gasteiger partial charge in [-0.2, -0.15) is 9.97 Å². The summed E-state index contributed by atoms with van der Waals surface area (Å²) in [7, 11) is 0. The Morgan fingerprint density at radius 2 is 1.90 bits per heavy atom. The second-order valence-corrected chi connectivity index (χ2v) is 10.6. The number of nitrogens with zero attached hydrogens (tertiary/aromatic N) is 4. The Hall–Kier alpha value is -3.14. The van der Waals surface area contributed by atoms with Crippen LogP contribution < -0.4 is 15.0 Å². The van der Waals surface area contributed by atoms with Crippen LogP contribution in [0.5, 0.6) is 5.75 Å². The number of benzene rings is 1. The summed E-state index contributed by atoms with van der Waals surface area (Å²) in [4.78, 5) is 17.8. The van der Waals surface area contributed by atoms with Crippen LogP contribution in [0.2, 0.25) is 0 Å². The van der Waals surface area contributed by atoms with E-state index in [1.807, 2.05) is 18.3 Å². The topological polar surface area (TPSA) is 87.8 Å². The van der Waals surface area contributed by atoms with Gasteiger partial charge in [-0.25, -0.2) is 0 Å².